The zero-order valence-corrected chi connectivity index (χ0v) is 9.99. The molecule has 0 bridgehead atoms. The Morgan fingerprint density at radius 1 is 1.39 bits per heavy atom. The number of nitrogen functional groups attached to an aromatic ring is 1. The minimum atomic E-state index is -0.226. The molecule has 90 valence electrons. The molecular weight excluding hydrogens is 250 g/mol. The molecule has 1 aromatic carbocycles. The van der Waals surface area contributed by atoms with Gasteiger partial charge in [0.1, 0.15) is 10.7 Å². The maximum atomic E-state index is 11.9. The van der Waals surface area contributed by atoms with E-state index in [2.05, 4.69) is 19.9 Å². The molecule has 0 aliphatic heterocycles. The molecule has 0 radical (unpaired) electrons. The zero-order chi connectivity index (χ0) is 12.5. The van der Waals surface area contributed by atoms with E-state index in [-0.39, 0.29) is 5.91 Å². The standard InChI is InChI=1S/C11H9N5OS/c12-7-1-2-8-6(3-7)4-9(14-8)11(17)15-10-5-13-16-18-10/h1-5,14H,12H2,(H,15,17). The summed E-state index contributed by atoms with van der Waals surface area (Å²) in [5, 5.41) is 7.87. The fourth-order valence-electron chi connectivity index (χ4n) is 1.67. The van der Waals surface area contributed by atoms with E-state index in [4.69, 9.17) is 5.73 Å². The van der Waals surface area contributed by atoms with Crippen molar-refractivity contribution in [3.63, 3.8) is 0 Å². The van der Waals surface area contributed by atoms with Crippen molar-refractivity contribution in [3.8, 4) is 0 Å². The highest BCUT2D eigenvalue weighted by Crippen LogP contribution is 2.19. The molecule has 0 atom stereocenters. The highest BCUT2D eigenvalue weighted by Gasteiger charge is 2.10. The van der Waals surface area contributed by atoms with Crippen molar-refractivity contribution in [1.29, 1.82) is 0 Å². The number of rotatable bonds is 2. The van der Waals surface area contributed by atoms with Crippen LogP contribution >= 0.6 is 11.5 Å². The van der Waals surface area contributed by atoms with Crippen molar-refractivity contribution in [1.82, 2.24) is 14.6 Å². The first kappa shape index (κ1) is 10.7. The van der Waals surface area contributed by atoms with Crippen molar-refractivity contribution < 1.29 is 4.79 Å². The van der Waals surface area contributed by atoms with Gasteiger partial charge in [0, 0.05) is 28.1 Å². The van der Waals surface area contributed by atoms with Crippen LogP contribution in [0.3, 0.4) is 0 Å². The van der Waals surface area contributed by atoms with Gasteiger partial charge < -0.3 is 16.0 Å². The number of hydrogen-bond acceptors (Lipinski definition) is 5. The van der Waals surface area contributed by atoms with E-state index in [9.17, 15) is 4.79 Å². The molecule has 0 aliphatic rings. The number of aromatic amines is 1. The first-order valence-corrected chi connectivity index (χ1v) is 5.97. The van der Waals surface area contributed by atoms with Crippen molar-refractivity contribution in [2.75, 3.05) is 11.1 Å². The predicted octanol–water partition coefficient (Wildman–Crippen LogP) is 1.85. The van der Waals surface area contributed by atoms with Crippen molar-refractivity contribution in [2.24, 2.45) is 0 Å². The Hall–Kier alpha value is -2.41. The second-order valence-electron chi connectivity index (χ2n) is 3.77. The monoisotopic (exact) mass is 259 g/mol. The molecule has 3 rings (SSSR count). The summed E-state index contributed by atoms with van der Waals surface area (Å²) in [5.74, 6) is -0.226. The van der Waals surface area contributed by atoms with Crippen molar-refractivity contribution >= 4 is 39.0 Å². The molecule has 2 heterocycles. The van der Waals surface area contributed by atoms with Crippen molar-refractivity contribution in [2.45, 2.75) is 0 Å². The van der Waals surface area contributed by atoms with Crippen LogP contribution in [0, 0.1) is 0 Å². The largest absolute Gasteiger partial charge is 0.399 e. The first-order valence-electron chi connectivity index (χ1n) is 5.19. The molecule has 18 heavy (non-hydrogen) atoms. The van der Waals surface area contributed by atoms with Gasteiger partial charge in [0.15, 0.2) is 0 Å². The van der Waals surface area contributed by atoms with Crippen LogP contribution in [0.4, 0.5) is 10.7 Å². The topological polar surface area (TPSA) is 96.7 Å². The fourth-order valence-corrected chi connectivity index (χ4v) is 2.09. The normalized spacial score (nSPS) is 10.7. The summed E-state index contributed by atoms with van der Waals surface area (Å²) in [7, 11) is 0. The number of carbonyl (C=O) groups is 1. The second-order valence-corrected chi connectivity index (χ2v) is 4.55. The number of aromatic nitrogens is 3. The van der Waals surface area contributed by atoms with Crippen LogP contribution in [0.5, 0.6) is 0 Å². The van der Waals surface area contributed by atoms with Gasteiger partial charge in [-0.05, 0) is 24.3 Å². The van der Waals surface area contributed by atoms with Gasteiger partial charge in [0.05, 0.1) is 6.20 Å². The number of anilines is 2. The molecule has 0 fully saturated rings. The van der Waals surface area contributed by atoms with Gasteiger partial charge in [-0.25, -0.2) is 0 Å². The molecule has 6 nitrogen and oxygen atoms in total. The van der Waals surface area contributed by atoms with Gasteiger partial charge in [-0.15, -0.1) is 5.10 Å². The Morgan fingerprint density at radius 3 is 3.06 bits per heavy atom. The maximum Gasteiger partial charge on any atom is 0.272 e. The predicted molar refractivity (Wildman–Crippen MR) is 70.6 cm³/mol. The molecule has 0 spiro atoms. The summed E-state index contributed by atoms with van der Waals surface area (Å²) in [6, 6.07) is 7.20. The number of nitrogens with two attached hydrogens (primary N) is 1. The Kier molecular flexibility index (Phi) is 2.45. The molecule has 0 saturated carbocycles. The number of fused-ring (bicyclic) bond motifs is 1. The Balaban J connectivity index is 1.92. The van der Waals surface area contributed by atoms with Crippen LogP contribution in [0.25, 0.3) is 10.9 Å². The number of benzene rings is 1. The lowest BCUT2D eigenvalue weighted by Crippen LogP contribution is -2.10. The molecule has 7 heteroatoms. The van der Waals surface area contributed by atoms with E-state index < -0.39 is 0 Å². The summed E-state index contributed by atoms with van der Waals surface area (Å²) < 4.78 is 3.67. The minimum Gasteiger partial charge on any atom is -0.399 e. The van der Waals surface area contributed by atoms with Gasteiger partial charge in [-0.2, -0.15) is 0 Å². The van der Waals surface area contributed by atoms with E-state index >= 15 is 0 Å². The lowest BCUT2D eigenvalue weighted by molar-refractivity contribution is 0.102. The van der Waals surface area contributed by atoms with Gasteiger partial charge in [-0.3, -0.25) is 4.79 Å². The second kappa shape index (κ2) is 4.11. The molecular formula is C11H9N5OS. The smallest absolute Gasteiger partial charge is 0.272 e. The third-order valence-electron chi connectivity index (χ3n) is 2.49. The molecule has 2 aromatic heterocycles. The third kappa shape index (κ3) is 1.91. The van der Waals surface area contributed by atoms with E-state index in [1.165, 1.54) is 6.20 Å². The molecule has 4 N–H and O–H groups in total. The number of amides is 1. The first-order chi connectivity index (χ1) is 8.72. The quantitative estimate of drug-likeness (QED) is 0.612. The molecule has 0 unspecified atom stereocenters. The van der Waals surface area contributed by atoms with Crippen LogP contribution in [-0.2, 0) is 0 Å². The number of nitrogens with zero attached hydrogens (tertiary/aromatic N) is 2. The summed E-state index contributed by atoms with van der Waals surface area (Å²) in [6.07, 6.45) is 1.50. The van der Waals surface area contributed by atoms with Gasteiger partial charge >= 0.3 is 0 Å². The number of carbonyl (C=O) groups excluding carboxylic acids is 1. The average molecular weight is 259 g/mol. The van der Waals surface area contributed by atoms with E-state index in [1.807, 2.05) is 12.1 Å². The Labute approximate surface area is 106 Å². The lowest BCUT2D eigenvalue weighted by atomic mass is 10.2. The summed E-state index contributed by atoms with van der Waals surface area (Å²) in [4.78, 5) is 15.0. The van der Waals surface area contributed by atoms with Crippen molar-refractivity contribution in [3.05, 3.63) is 36.2 Å². The minimum absolute atomic E-state index is 0.226. The van der Waals surface area contributed by atoms with Crippen LogP contribution in [0.1, 0.15) is 10.5 Å². The number of nitrogens with one attached hydrogen (secondary N) is 2. The fraction of sp³-hybridized carbons (Fsp3) is 0. The molecule has 3 aromatic rings. The van der Waals surface area contributed by atoms with Crippen LogP contribution in [0.15, 0.2) is 30.5 Å². The number of hydrogen-bond donors (Lipinski definition) is 3. The lowest BCUT2D eigenvalue weighted by Gasteiger charge is -1.97. The maximum absolute atomic E-state index is 11.9. The SMILES string of the molecule is Nc1ccc2[nH]c(C(=O)Nc3cnns3)cc2c1. The van der Waals surface area contributed by atoms with Crippen LogP contribution in [0.2, 0.25) is 0 Å². The summed E-state index contributed by atoms with van der Waals surface area (Å²) >= 11 is 1.13. The van der Waals surface area contributed by atoms with Gasteiger partial charge in [0.25, 0.3) is 5.91 Å². The Bertz CT molecular complexity index is 703. The number of H-pyrrole nitrogens is 1. The zero-order valence-electron chi connectivity index (χ0n) is 9.18. The molecule has 1 amide bonds. The van der Waals surface area contributed by atoms with Gasteiger partial charge in [-0.1, -0.05) is 4.49 Å². The van der Waals surface area contributed by atoms with Gasteiger partial charge in [0.2, 0.25) is 0 Å². The van der Waals surface area contributed by atoms with Crippen LogP contribution in [-0.4, -0.2) is 20.5 Å². The highest BCUT2D eigenvalue weighted by atomic mass is 32.1. The van der Waals surface area contributed by atoms with E-state index in [0.29, 0.717) is 16.4 Å². The van der Waals surface area contributed by atoms with E-state index in [0.717, 1.165) is 22.4 Å². The highest BCUT2D eigenvalue weighted by molar-refractivity contribution is 7.10. The van der Waals surface area contributed by atoms with E-state index in [1.54, 1.807) is 12.1 Å². The Morgan fingerprint density at radius 2 is 2.28 bits per heavy atom. The third-order valence-corrected chi connectivity index (χ3v) is 3.07. The summed E-state index contributed by atoms with van der Waals surface area (Å²) in [5.41, 5.74) is 7.70. The summed E-state index contributed by atoms with van der Waals surface area (Å²) in [6.45, 7) is 0. The molecule has 0 saturated heterocycles. The average Bonchev–Trinajstić information content (AvgIpc) is 2.96. The molecule has 0 aliphatic carbocycles. The van der Waals surface area contributed by atoms with Crippen LogP contribution < -0.4 is 11.1 Å².